The Bertz CT molecular complexity index is 954. The molecule has 0 saturated heterocycles. The summed E-state index contributed by atoms with van der Waals surface area (Å²) in [4.78, 5) is 47.7. The number of amides is 2. The van der Waals surface area contributed by atoms with Crippen molar-refractivity contribution in [2.75, 3.05) is 31.6 Å². The smallest absolute Gasteiger partial charge is 0.481 e. The molecule has 1 aliphatic rings. The van der Waals surface area contributed by atoms with Gasteiger partial charge in [0.05, 0.1) is 17.7 Å². The molecule has 2 rings (SSSR count). The predicted molar refractivity (Wildman–Crippen MR) is 119 cm³/mol. The quantitative estimate of drug-likeness (QED) is 0.191. The standard InChI is InChI=1S/C19H27N5O4.C2HF3O2/c1-23-15-7-6-13(5-3-2-4-9-22-19(20)21)11-14(15)18(28)24(12-16(23)25)10-8-17(26)27;3-2(4,5)1(6)7/h6-7,11H,2-5,8-10,12H2,1H3,(H,26,27)(H4,20,21,22);(H,6,7). The van der Waals surface area contributed by atoms with E-state index in [1.807, 2.05) is 6.07 Å². The number of benzene rings is 1. The van der Waals surface area contributed by atoms with Gasteiger partial charge in [0.15, 0.2) is 5.96 Å². The highest BCUT2D eigenvalue weighted by atomic mass is 19.4. The van der Waals surface area contributed by atoms with E-state index < -0.39 is 18.1 Å². The number of carbonyl (C=O) groups excluding carboxylic acids is 2. The largest absolute Gasteiger partial charge is 0.490 e. The molecule has 0 aliphatic carbocycles. The fourth-order valence-corrected chi connectivity index (χ4v) is 3.11. The maximum absolute atomic E-state index is 12.9. The molecule has 35 heavy (non-hydrogen) atoms. The van der Waals surface area contributed by atoms with Crippen LogP contribution >= 0.6 is 0 Å². The van der Waals surface area contributed by atoms with Gasteiger partial charge in [-0.25, -0.2) is 4.79 Å². The monoisotopic (exact) mass is 503 g/mol. The third-order valence-corrected chi connectivity index (χ3v) is 4.94. The molecule has 0 unspecified atom stereocenters. The average molecular weight is 503 g/mol. The SMILES string of the molecule is CN1C(=O)CN(CCC(=O)O)C(=O)c2cc(CCCCCNC(=N)N)ccc21.O=C(O)C(F)(F)F. The van der Waals surface area contributed by atoms with E-state index in [-0.39, 0.29) is 37.3 Å². The Morgan fingerprint density at radius 1 is 1.17 bits per heavy atom. The van der Waals surface area contributed by atoms with Gasteiger partial charge >= 0.3 is 18.1 Å². The number of unbranched alkanes of at least 4 members (excludes halogenated alkanes) is 2. The number of halogens is 3. The molecule has 0 bridgehead atoms. The van der Waals surface area contributed by atoms with Crippen molar-refractivity contribution in [1.29, 1.82) is 5.41 Å². The average Bonchev–Trinajstić information content (AvgIpc) is 2.84. The highest BCUT2D eigenvalue weighted by molar-refractivity contribution is 6.09. The van der Waals surface area contributed by atoms with Gasteiger partial charge in [-0.05, 0) is 37.0 Å². The summed E-state index contributed by atoms with van der Waals surface area (Å²) in [6.45, 7) is 0.528. The zero-order valence-electron chi connectivity index (χ0n) is 19.0. The van der Waals surface area contributed by atoms with Crippen LogP contribution in [0.15, 0.2) is 18.2 Å². The normalized spacial score (nSPS) is 13.4. The van der Waals surface area contributed by atoms with Gasteiger partial charge in [0, 0.05) is 20.1 Å². The topological polar surface area (TPSA) is 177 Å². The molecule has 6 N–H and O–H groups in total. The van der Waals surface area contributed by atoms with Crippen molar-refractivity contribution >= 4 is 35.4 Å². The number of hydrogen-bond acceptors (Lipinski definition) is 5. The van der Waals surface area contributed by atoms with Gasteiger partial charge < -0.3 is 31.1 Å². The first-order valence-electron chi connectivity index (χ1n) is 10.5. The number of nitrogens with one attached hydrogen (secondary N) is 2. The number of rotatable bonds is 9. The molecule has 0 aromatic heterocycles. The fourth-order valence-electron chi connectivity index (χ4n) is 3.11. The maximum atomic E-state index is 12.9. The van der Waals surface area contributed by atoms with Crippen LogP contribution in [-0.4, -0.2) is 77.7 Å². The van der Waals surface area contributed by atoms with Crippen LogP contribution in [0.1, 0.15) is 41.6 Å². The Kier molecular flexibility index (Phi) is 11.0. The summed E-state index contributed by atoms with van der Waals surface area (Å²) in [6.07, 6.45) is -1.73. The Hall–Kier alpha value is -3.84. The van der Waals surface area contributed by atoms with E-state index in [4.69, 9.17) is 26.2 Å². The van der Waals surface area contributed by atoms with E-state index in [2.05, 4.69) is 5.32 Å². The second kappa shape index (κ2) is 13.2. The molecule has 194 valence electrons. The molecule has 1 aliphatic heterocycles. The van der Waals surface area contributed by atoms with E-state index in [9.17, 15) is 27.6 Å². The molecule has 1 aromatic carbocycles. The van der Waals surface area contributed by atoms with Crippen molar-refractivity contribution in [1.82, 2.24) is 10.2 Å². The van der Waals surface area contributed by atoms with Gasteiger partial charge in [-0.2, -0.15) is 13.2 Å². The first-order chi connectivity index (χ1) is 16.2. The van der Waals surface area contributed by atoms with E-state index in [1.165, 1.54) is 9.80 Å². The van der Waals surface area contributed by atoms with Gasteiger partial charge in [0.1, 0.15) is 6.54 Å². The number of fused-ring (bicyclic) bond motifs is 1. The van der Waals surface area contributed by atoms with Crippen molar-refractivity contribution in [3.63, 3.8) is 0 Å². The van der Waals surface area contributed by atoms with Gasteiger partial charge in [-0.1, -0.05) is 12.5 Å². The van der Waals surface area contributed by atoms with Crippen LogP contribution in [0.25, 0.3) is 0 Å². The lowest BCUT2D eigenvalue weighted by Gasteiger charge is -2.19. The summed E-state index contributed by atoms with van der Waals surface area (Å²) < 4.78 is 31.7. The van der Waals surface area contributed by atoms with Gasteiger partial charge in [-0.3, -0.25) is 19.8 Å². The number of guanidine groups is 1. The molecular weight excluding hydrogens is 475 g/mol. The molecule has 0 radical (unpaired) electrons. The van der Waals surface area contributed by atoms with Crippen LogP contribution in [0.3, 0.4) is 0 Å². The maximum Gasteiger partial charge on any atom is 0.490 e. The van der Waals surface area contributed by atoms with Gasteiger partial charge in [0.2, 0.25) is 5.91 Å². The van der Waals surface area contributed by atoms with Crippen LogP contribution in [0.2, 0.25) is 0 Å². The minimum absolute atomic E-state index is 0.000559. The van der Waals surface area contributed by atoms with Crippen LogP contribution in [-0.2, 0) is 20.8 Å². The summed E-state index contributed by atoms with van der Waals surface area (Å²) in [6, 6.07) is 5.49. The summed E-state index contributed by atoms with van der Waals surface area (Å²) in [7, 11) is 1.62. The van der Waals surface area contributed by atoms with Crippen molar-refractivity contribution < 1.29 is 42.6 Å². The number of alkyl halides is 3. The second-order valence-corrected chi connectivity index (χ2v) is 7.63. The molecule has 0 atom stereocenters. The first kappa shape index (κ1) is 29.2. The minimum Gasteiger partial charge on any atom is -0.481 e. The molecule has 0 saturated carbocycles. The number of nitrogens with zero attached hydrogens (tertiary/aromatic N) is 2. The molecule has 0 fully saturated rings. The van der Waals surface area contributed by atoms with E-state index in [0.29, 0.717) is 17.8 Å². The zero-order chi connectivity index (χ0) is 26.8. The zero-order valence-corrected chi connectivity index (χ0v) is 19.0. The molecule has 0 spiro atoms. The van der Waals surface area contributed by atoms with Crippen molar-refractivity contribution in [2.45, 2.75) is 38.3 Å². The van der Waals surface area contributed by atoms with Crippen LogP contribution in [0, 0.1) is 5.41 Å². The summed E-state index contributed by atoms with van der Waals surface area (Å²) in [5.41, 5.74) is 7.20. The molecular formula is C21H28F3N5O6. The Balaban J connectivity index is 0.000000762. The van der Waals surface area contributed by atoms with Crippen LogP contribution in [0.5, 0.6) is 0 Å². The lowest BCUT2D eigenvalue weighted by molar-refractivity contribution is -0.192. The summed E-state index contributed by atoms with van der Waals surface area (Å²) in [5.74, 6) is -4.36. The van der Waals surface area contributed by atoms with E-state index in [0.717, 1.165) is 31.2 Å². The van der Waals surface area contributed by atoms with Crippen LogP contribution < -0.4 is 16.0 Å². The van der Waals surface area contributed by atoms with Crippen molar-refractivity contribution in [3.05, 3.63) is 29.3 Å². The number of carboxylic acid groups (broad SMARTS) is 2. The molecule has 1 heterocycles. The van der Waals surface area contributed by atoms with Crippen molar-refractivity contribution in [3.8, 4) is 0 Å². The second-order valence-electron chi connectivity index (χ2n) is 7.63. The number of anilines is 1. The fraction of sp³-hybridized carbons (Fsp3) is 0.476. The minimum atomic E-state index is -5.08. The number of carboxylic acids is 2. The van der Waals surface area contributed by atoms with E-state index in [1.54, 1.807) is 19.2 Å². The molecule has 11 nitrogen and oxygen atoms in total. The molecule has 14 heteroatoms. The predicted octanol–water partition coefficient (Wildman–Crippen LogP) is 1.41. The highest BCUT2D eigenvalue weighted by Crippen LogP contribution is 2.26. The number of hydrogen-bond donors (Lipinski definition) is 5. The number of aryl methyl sites for hydroxylation is 1. The summed E-state index contributed by atoms with van der Waals surface area (Å²) in [5, 5.41) is 25.9. The lowest BCUT2D eigenvalue weighted by atomic mass is 10.0. The Morgan fingerprint density at radius 3 is 2.34 bits per heavy atom. The Morgan fingerprint density at radius 2 is 1.80 bits per heavy atom. The van der Waals surface area contributed by atoms with E-state index >= 15 is 0 Å². The third kappa shape index (κ3) is 9.90. The summed E-state index contributed by atoms with van der Waals surface area (Å²) >= 11 is 0. The molecule has 2 amide bonds. The molecule has 1 aromatic rings. The third-order valence-electron chi connectivity index (χ3n) is 4.94. The van der Waals surface area contributed by atoms with Gasteiger partial charge in [0.25, 0.3) is 5.91 Å². The number of likely N-dealkylation sites (N-methyl/N-ethyl adjacent to an activating group) is 1. The van der Waals surface area contributed by atoms with Gasteiger partial charge in [-0.15, -0.1) is 0 Å². The Labute approximate surface area is 199 Å². The lowest BCUT2D eigenvalue weighted by Crippen LogP contribution is -2.38. The van der Waals surface area contributed by atoms with Crippen LogP contribution in [0.4, 0.5) is 18.9 Å². The highest BCUT2D eigenvalue weighted by Gasteiger charge is 2.38. The van der Waals surface area contributed by atoms with Crippen molar-refractivity contribution in [2.24, 2.45) is 5.73 Å². The first-order valence-corrected chi connectivity index (χ1v) is 10.5. The number of nitrogens with two attached hydrogens (primary N) is 1. The number of carbonyl (C=O) groups is 4. The number of aliphatic carboxylic acids is 2.